The van der Waals surface area contributed by atoms with Crippen molar-refractivity contribution < 1.29 is 0 Å². The fraction of sp³-hybridized carbons (Fsp3) is 0.0769. The number of hydrogen-bond donors (Lipinski definition) is 1. The average molecular weight is 244 g/mol. The molecule has 0 saturated heterocycles. The molecule has 1 aromatic carbocycles. The Hall–Kier alpha value is -1.87. The van der Waals surface area contributed by atoms with Gasteiger partial charge in [0, 0.05) is 16.8 Å². The van der Waals surface area contributed by atoms with Gasteiger partial charge in [-0.1, -0.05) is 11.6 Å². The number of hydrogen-bond acceptors (Lipinski definition) is 2. The highest BCUT2D eigenvalue weighted by Gasteiger charge is 2.05. The Morgan fingerprint density at radius 1 is 1.18 bits per heavy atom. The monoisotopic (exact) mass is 243 g/mol. The summed E-state index contributed by atoms with van der Waals surface area (Å²) < 4.78 is 0. The van der Waals surface area contributed by atoms with Gasteiger partial charge in [0.2, 0.25) is 0 Å². The van der Waals surface area contributed by atoms with E-state index in [0.29, 0.717) is 0 Å². The number of H-pyrrole nitrogens is 1. The third-order valence-electron chi connectivity index (χ3n) is 2.59. The molecule has 3 rings (SSSR count). The Morgan fingerprint density at radius 3 is 2.71 bits per heavy atom. The summed E-state index contributed by atoms with van der Waals surface area (Å²) in [6, 6.07) is 9.61. The van der Waals surface area contributed by atoms with Gasteiger partial charge in [-0.05, 0) is 42.8 Å². The number of rotatable bonds is 1. The van der Waals surface area contributed by atoms with E-state index in [4.69, 9.17) is 11.6 Å². The van der Waals surface area contributed by atoms with E-state index in [-0.39, 0.29) is 0 Å². The van der Waals surface area contributed by atoms with Crippen molar-refractivity contribution in [2.24, 2.45) is 0 Å². The number of nitrogens with one attached hydrogen (secondary N) is 1. The van der Waals surface area contributed by atoms with Gasteiger partial charge in [0.05, 0.1) is 5.52 Å². The van der Waals surface area contributed by atoms with Crippen molar-refractivity contribution in [1.82, 2.24) is 15.0 Å². The zero-order valence-corrected chi connectivity index (χ0v) is 9.99. The molecule has 84 valence electrons. The van der Waals surface area contributed by atoms with E-state index < -0.39 is 0 Å². The number of fused-ring (bicyclic) bond motifs is 1. The van der Waals surface area contributed by atoms with Crippen LogP contribution in [0.2, 0.25) is 5.02 Å². The molecular weight excluding hydrogens is 234 g/mol. The van der Waals surface area contributed by atoms with E-state index in [1.807, 2.05) is 43.5 Å². The van der Waals surface area contributed by atoms with E-state index in [1.54, 1.807) is 0 Å². The fourth-order valence-corrected chi connectivity index (χ4v) is 1.87. The molecule has 0 atom stereocenters. The molecule has 17 heavy (non-hydrogen) atoms. The van der Waals surface area contributed by atoms with Gasteiger partial charge in [0.15, 0.2) is 5.65 Å². The topological polar surface area (TPSA) is 41.6 Å². The summed E-state index contributed by atoms with van der Waals surface area (Å²) >= 11 is 5.86. The Morgan fingerprint density at radius 2 is 1.94 bits per heavy atom. The van der Waals surface area contributed by atoms with Crippen molar-refractivity contribution >= 4 is 22.8 Å². The van der Waals surface area contributed by atoms with Gasteiger partial charge in [0.25, 0.3) is 0 Å². The van der Waals surface area contributed by atoms with Gasteiger partial charge in [-0.2, -0.15) is 0 Å². The number of imidazole rings is 1. The van der Waals surface area contributed by atoms with Gasteiger partial charge >= 0.3 is 0 Å². The Labute approximate surface area is 103 Å². The Bertz CT molecular complexity index is 671. The van der Waals surface area contributed by atoms with Crippen LogP contribution in [-0.2, 0) is 0 Å². The number of aryl methyl sites for hydroxylation is 1. The second-order valence-electron chi connectivity index (χ2n) is 3.98. The predicted molar refractivity (Wildman–Crippen MR) is 69.1 cm³/mol. The molecule has 0 aliphatic carbocycles. The van der Waals surface area contributed by atoms with Crippen LogP contribution >= 0.6 is 11.6 Å². The van der Waals surface area contributed by atoms with Crippen molar-refractivity contribution in [2.45, 2.75) is 6.92 Å². The normalized spacial score (nSPS) is 10.9. The Kier molecular flexibility index (Phi) is 2.34. The van der Waals surface area contributed by atoms with Crippen LogP contribution in [0, 0.1) is 6.92 Å². The van der Waals surface area contributed by atoms with Gasteiger partial charge in [0.1, 0.15) is 5.82 Å². The molecule has 1 N–H and O–H groups in total. The summed E-state index contributed by atoms with van der Waals surface area (Å²) in [6.07, 6.45) is 1.81. The molecule has 0 fully saturated rings. The van der Waals surface area contributed by atoms with Crippen LogP contribution in [0.15, 0.2) is 36.5 Å². The lowest BCUT2D eigenvalue weighted by Gasteiger charge is -1.95. The van der Waals surface area contributed by atoms with Crippen LogP contribution in [0.1, 0.15) is 5.56 Å². The first kappa shape index (κ1) is 10.3. The maximum absolute atomic E-state index is 5.86. The molecule has 0 aliphatic heterocycles. The number of pyridine rings is 1. The highest BCUT2D eigenvalue weighted by molar-refractivity contribution is 6.30. The molecule has 0 bridgehead atoms. The number of aromatic amines is 1. The van der Waals surface area contributed by atoms with Crippen molar-refractivity contribution in [1.29, 1.82) is 0 Å². The third kappa shape index (κ3) is 1.89. The molecule has 3 aromatic rings. The molecule has 0 radical (unpaired) electrons. The second-order valence-corrected chi connectivity index (χ2v) is 4.41. The lowest BCUT2D eigenvalue weighted by atomic mass is 10.2. The fourth-order valence-electron chi connectivity index (χ4n) is 1.75. The average Bonchev–Trinajstić information content (AvgIpc) is 2.72. The second kappa shape index (κ2) is 3.86. The summed E-state index contributed by atoms with van der Waals surface area (Å²) in [7, 11) is 0. The van der Waals surface area contributed by atoms with Crippen molar-refractivity contribution in [2.75, 3.05) is 0 Å². The van der Waals surface area contributed by atoms with Gasteiger partial charge < -0.3 is 4.98 Å². The Balaban J connectivity index is 2.14. The minimum Gasteiger partial charge on any atom is -0.337 e. The first-order chi connectivity index (χ1) is 8.22. The SMILES string of the molecule is Cc1cnc2nc(-c3ccc(Cl)cc3)[nH]c2c1. The van der Waals surface area contributed by atoms with Crippen molar-refractivity contribution in [3.8, 4) is 11.4 Å². The number of halogens is 1. The molecule has 0 spiro atoms. The molecule has 0 amide bonds. The van der Waals surface area contributed by atoms with E-state index in [1.165, 1.54) is 0 Å². The minimum absolute atomic E-state index is 0.721. The largest absolute Gasteiger partial charge is 0.337 e. The molecule has 2 heterocycles. The van der Waals surface area contributed by atoms with Crippen LogP contribution < -0.4 is 0 Å². The van der Waals surface area contributed by atoms with Crippen LogP contribution in [0.25, 0.3) is 22.6 Å². The lowest BCUT2D eigenvalue weighted by Crippen LogP contribution is -1.79. The van der Waals surface area contributed by atoms with E-state index in [2.05, 4.69) is 15.0 Å². The van der Waals surface area contributed by atoms with Crippen molar-refractivity contribution in [3.05, 3.63) is 47.1 Å². The predicted octanol–water partition coefficient (Wildman–Crippen LogP) is 3.59. The molecule has 0 unspecified atom stereocenters. The van der Waals surface area contributed by atoms with Crippen LogP contribution in [-0.4, -0.2) is 15.0 Å². The zero-order valence-electron chi connectivity index (χ0n) is 9.24. The minimum atomic E-state index is 0.721. The van der Waals surface area contributed by atoms with Gasteiger partial charge in [-0.3, -0.25) is 0 Å². The van der Waals surface area contributed by atoms with E-state index in [9.17, 15) is 0 Å². The number of aromatic nitrogens is 3. The van der Waals surface area contributed by atoms with E-state index >= 15 is 0 Å². The highest BCUT2D eigenvalue weighted by atomic mass is 35.5. The van der Waals surface area contributed by atoms with Crippen molar-refractivity contribution in [3.63, 3.8) is 0 Å². The lowest BCUT2D eigenvalue weighted by molar-refractivity contribution is 1.28. The first-order valence-electron chi connectivity index (χ1n) is 5.31. The molecule has 4 heteroatoms. The smallest absolute Gasteiger partial charge is 0.178 e. The summed E-state index contributed by atoms with van der Waals surface area (Å²) in [6.45, 7) is 2.01. The van der Waals surface area contributed by atoms with E-state index in [0.717, 1.165) is 33.1 Å². The summed E-state index contributed by atoms with van der Waals surface area (Å²) in [5, 5.41) is 0.721. The number of nitrogens with zero attached hydrogens (tertiary/aromatic N) is 2. The van der Waals surface area contributed by atoms with Crippen LogP contribution in [0.4, 0.5) is 0 Å². The standard InChI is InChI=1S/C13H10ClN3/c1-8-6-11-13(15-7-8)17-12(16-11)9-2-4-10(14)5-3-9/h2-7H,1H3,(H,15,16,17). The maximum Gasteiger partial charge on any atom is 0.178 e. The third-order valence-corrected chi connectivity index (χ3v) is 2.84. The van der Waals surface area contributed by atoms with Crippen LogP contribution in [0.5, 0.6) is 0 Å². The van der Waals surface area contributed by atoms with Gasteiger partial charge in [-0.25, -0.2) is 9.97 Å². The number of benzene rings is 1. The van der Waals surface area contributed by atoms with Crippen LogP contribution in [0.3, 0.4) is 0 Å². The zero-order chi connectivity index (χ0) is 11.8. The summed E-state index contributed by atoms with van der Waals surface area (Å²) in [5.41, 5.74) is 3.81. The highest BCUT2D eigenvalue weighted by Crippen LogP contribution is 2.21. The molecular formula is C13H10ClN3. The molecule has 3 nitrogen and oxygen atoms in total. The first-order valence-corrected chi connectivity index (χ1v) is 5.68. The molecule has 0 saturated carbocycles. The summed E-state index contributed by atoms with van der Waals surface area (Å²) in [5.74, 6) is 0.815. The quantitative estimate of drug-likeness (QED) is 0.710. The molecule has 2 aromatic heterocycles. The molecule has 0 aliphatic rings. The maximum atomic E-state index is 5.86. The van der Waals surface area contributed by atoms with Gasteiger partial charge in [-0.15, -0.1) is 0 Å². The summed E-state index contributed by atoms with van der Waals surface area (Å²) in [4.78, 5) is 12.0.